The highest BCUT2D eigenvalue weighted by Crippen LogP contribution is 2.10. The molecule has 0 aliphatic carbocycles. The smallest absolute Gasteiger partial charge is 0.205 e. The van der Waals surface area contributed by atoms with E-state index in [1.54, 1.807) is 0 Å². The lowest BCUT2D eigenvalue weighted by molar-refractivity contribution is 0.656. The minimum atomic E-state index is 0.735. The Balaban J connectivity index is 2.58. The summed E-state index contributed by atoms with van der Waals surface area (Å²) in [5, 5.41) is 0. The Morgan fingerprint density at radius 1 is 1.57 bits per heavy atom. The number of imidazole rings is 1. The van der Waals surface area contributed by atoms with Gasteiger partial charge in [0.2, 0.25) is 5.95 Å². The standard InChI is InChI=1S/C10H20N4/c1-3-7-14-9-6-12-10(14)13(2)8-4-5-11/h6,9H,3-5,7-8,11H2,1-2H3. The van der Waals surface area contributed by atoms with Gasteiger partial charge in [-0.05, 0) is 19.4 Å². The number of nitrogens with zero attached hydrogens (tertiary/aromatic N) is 3. The second-order valence-electron chi connectivity index (χ2n) is 3.48. The van der Waals surface area contributed by atoms with E-state index in [0.717, 1.165) is 38.4 Å². The quantitative estimate of drug-likeness (QED) is 0.740. The summed E-state index contributed by atoms with van der Waals surface area (Å²) in [4.78, 5) is 6.49. The number of rotatable bonds is 6. The Morgan fingerprint density at radius 2 is 2.36 bits per heavy atom. The molecule has 0 fully saturated rings. The highest BCUT2D eigenvalue weighted by Gasteiger charge is 2.06. The number of nitrogens with two attached hydrogens (primary N) is 1. The van der Waals surface area contributed by atoms with E-state index < -0.39 is 0 Å². The number of aryl methyl sites for hydroxylation is 1. The van der Waals surface area contributed by atoms with Crippen molar-refractivity contribution in [2.45, 2.75) is 26.3 Å². The molecule has 4 heteroatoms. The van der Waals surface area contributed by atoms with Gasteiger partial charge in [-0.25, -0.2) is 4.98 Å². The lowest BCUT2D eigenvalue weighted by Gasteiger charge is -2.18. The van der Waals surface area contributed by atoms with Gasteiger partial charge in [-0.15, -0.1) is 0 Å². The van der Waals surface area contributed by atoms with E-state index >= 15 is 0 Å². The van der Waals surface area contributed by atoms with Crippen LogP contribution in [0.3, 0.4) is 0 Å². The molecule has 0 aliphatic heterocycles. The summed E-state index contributed by atoms with van der Waals surface area (Å²) >= 11 is 0. The molecule has 0 atom stereocenters. The van der Waals surface area contributed by atoms with Crippen molar-refractivity contribution in [3.05, 3.63) is 12.4 Å². The van der Waals surface area contributed by atoms with Crippen LogP contribution in [0.25, 0.3) is 0 Å². The van der Waals surface area contributed by atoms with E-state index in [9.17, 15) is 0 Å². The molecule has 4 nitrogen and oxygen atoms in total. The third-order valence-electron chi connectivity index (χ3n) is 2.20. The lowest BCUT2D eigenvalue weighted by atomic mass is 10.4. The average Bonchev–Trinajstić information content (AvgIpc) is 2.63. The van der Waals surface area contributed by atoms with Crippen LogP contribution in [0, 0.1) is 0 Å². The van der Waals surface area contributed by atoms with E-state index in [2.05, 4.69) is 28.4 Å². The molecule has 80 valence electrons. The minimum absolute atomic E-state index is 0.735. The Kier molecular flexibility index (Phi) is 4.46. The lowest BCUT2D eigenvalue weighted by Crippen LogP contribution is -2.24. The van der Waals surface area contributed by atoms with Crippen molar-refractivity contribution in [3.8, 4) is 0 Å². The zero-order chi connectivity index (χ0) is 10.4. The Morgan fingerprint density at radius 3 is 3.00 bits per heavy atom. The molecule has 0 aliphatic rings. The fourth-order valence-electron chi connectivity index (χ4n) is 1.48. The van der Waals surface area contributed by atoms with Gasteiger partial charge in [-0.3, -0.25) is 0 Å². The molecule has 0 amide bonds. The summed E-state index contributed by atoms with van der Waals surface area (Å²) in [6.07, 6.45) is 6.02. The van der Waals surface area contributed by atoms with E-state index in [1.165, 1.54) is 0 Å². The number of aromatic nitrogens is 2. The maximum atomic E-state index is 5.47. The summed E-state index contributed by atoms with van der Waals surface area (Å²) in [7, 11) is 2.06. The second-order valence-corrected chi connectivity index (χ2v) is 3.48. The number of anilines is 1. The zero-order valence-electron chi connectivity index (χ0n) is 9.11. The maximum absolute atomic E-state index is 5.47. The largest absolute Gasteiger partial charge is 0.345 e. The third kappa shape index (κ3) is 2.73. The molecule has 0 bridgehead atoms. The van der Waals surface area contributed by atoms with Gasteiger partial charge in [-0.2, -0.15) is 0 Å². The summed E-state index contributed by atoms with van der Waals surface area (Å²) in [5.74, 6) is 1.04. The Hall–Kier alpha value is -1.03. The van der Waals surface area contributed by atoms with Crippen LogP contribution in [0.4, 0.5) is 5.95 Å². The molecule has 1 aromatic heterocycles. The molecular weight excluding hydrogens is 176 g/mol. The van der Waals surface area contributed by atoms with Crippen molar-refractivity contribution in [2.24, 2.45) is 5.73 Å². The monoisotopic (exact) mass is 196 g/mol. The summed E-state index contributed by atoms with van der Waals surface area (Å²) in [6, 6.07) is 0. The molecular formula is C10H20N4. The van der Waals surface area contributed by atoms with Gasteiger partial charge in [0.25, 0.3) is 0 Å². The maximum Gasteiger partial charge on any atom is 0.205 e. The van der Waals surface area contributed by atoms with Crippen molar-refractivity contribution in [3.63, 3.8) is 0 Å². The molecule has 0 spiro atoms. The van der Waals surface area contributed by atoms with Gasteiger partial charge < -0.3 is 15.2 Å². The van der Waals surface area contributed by atoms with Gasteiger partial charge in [0.15, 0.2) is 0 Å². The van der Waals surface area contributed by atoms with Crippen LogP contribution in [0.2, 0.25) is 0 Å². The van der Waals surface area contributed by atoms with Crippen LogP contribution >= 0.6 is 0 Å². The van der Waals surface area contributed by atoms with E-state index in [4.69, 9.17) is 5.73 Å². The zero-order valence-corrected chi connectivity index (χ0v) is 9.11. The summed E-state index contributed by atoms with van der Waals surface area (Å²) < 4.78 is 2.18. The molecule has 2 N–H and O–H groups in total. The van der Waals surface area contributed by atoms with Crippen LogP contribution in [-0.2, 0) is 6.54 Å². The van der Waals surface area contributed by atoms with Crippen molar-refractivity contribution >= 4 is 5.95 Å². The van der Waals surface area contributed by atoms with Gasteiger partial charge >= 0.3 is 0 Å². The highest BCUT2D eigenvalue weighted by atomic mass is 15.3. The van der Waals surface area contributed by atoms with E-state index in [1.807, 2.05) is 12.4 Å². The molecule has 0 saturated carbocycles. The predicted molar refractivity (Wildman–Crippen MR) is 59.5 cm³/mol. The van der Waals surface area contributed by atoms with Crippen LogP contribution < -0.4 is 10.6 Å². The molecule has 0 unspecified atom stereocenters. The van der Waals surface area contributed by atoms with Crippen LogP contribution in [0.15, 0.2) is 12.4 Å². The molecule has 0 radical (unpaired) electrons. The summed E-state index contributed by atoms with van der Waals surface area (Å²) in [6.45, 7) is 4.90. The van der Waals surface area contributed by atoms with Crippen molar-refractivity contribution in [2.75, 3.05) is 25.0 Å². The minimum Gasteiger partial charge on any atom is -0.345 e. The van der Waals surface area contributed by atoms with Crippen LogP contribution in [0.1, 0.15) is 19.8 Å². The molecule has 0 aromatic carbocycles. The molecule has 1 heterocycles. The van der Waals surface area contributed by atoms with Crippen molar-refractivity contribution < 1.29 is 0 Å². The fourth-order valence-corrected chi connectivity index (χ4v) is 1.48. The number of hydrogen-bond donors (Lipinski definition) is 1. The predicted octanol–water partition coefficient (Wildman–Crippen LogP) is 1.08. The van der Waals surface area contributed by atoms with E-state index in [-0.39, 0.29) is 0 Å². The second kappa shape index (κ2) is 5.65. The van der Waals surface area contributed by atoms with Crippen LogP contribution in [-0.4, -0.2) is 29.7 Å². The molecule has 1 rings (SSSR count). The average molecular weight is 196 g/mol. The third-order valence-corrected chi connectivity index (χ3v) is 2.20. The number of hydrogen-bond acceptors (Lipinski definition) is 3. The van der Waals surface area contributed by atoms with Gasteiger partial charge in [0, 0.05) is 32.5 Å². The Bertz CT molecular complexity index is 256. The topological polar surface area (TPSA) is 47.1 Å². The fraction of sp³-hybridized carbons (Fsp3) is 0.700. The van der Waals surface area contributed by atoms with Gasteiger partial charge in [-0.1, -0.05) is 6.92 Å². The molecule has 1 aromatic rings. The first-order chi connectivity index (χ1) is 6.79. The van der Waals surface area contributed by atoms with Gasteiger partial charge in [0.1, 0.15) is 0 Å². The normalized spacial score (nSPS) is 10.5. The van der Waals surface area contributed by atoms with Crippen molar-refractivity contribution in [1.82, 2.24) is 9.55 Å². The van der Waals surface area contributed by atoms with Crippen molar-refractivity contribution in [1.29, 1.82) is 0 Å². The van der Waals surface area contributed by atoms with Gasteiger partial charge in [0.05, 0.1) is 0 Å². The molecule has 0 saturated heterocycles. The highest BCUT2D eigenvalue weighted by molar-refractivity contribution is 5.29. The summed E-state index contributed by atoms with van der Waals surface area (Å²) in [5.41, 5.74) is 5.47. The first kappa shape index (κ1) is 11.0. The first-order valence-electron chi connectivity index (χ1n) is 5.22. The SMILES string of the molecule is CCCn1ccnc1N(C)CCCN. The van der Waals surface area contributed by atoms with Crippen LogP contribution in [0.5, 0.6) is 0 Å². The van der Waals surface area contributed by atoms with E-state index in [0.29, 0.717) is 0 Å². The molecule has 14 heavy (non-hydrogen) atoms. The first-order valence-corrected chi connectivity index (χ1v) is 5.22. The Labute approximate surface area is 85.7 Å².